The summed E-state index contributed by atoms with van der Waals surface area (Å²) in [5.41, 5.74) is 5.23. The summed E-state index contributed by atoms with van der Waals surface area (Å²) in [4.78, 5) is 0. The molecule has 0 fully saturated rings. The standard InChI is InChI=1S/C9H11NO/c10-7-4-8-11-9-5-2-1-3-6-9/h1-6,8H,7,10H2. The van der Waals surface area contributed by atoms with Gasteiger partial charge in [0.1, 0.15) is 5.75 Å². The van der Waals surface area contributed by atoms with Gasteiger partial charge in [0.25, 0.3) is 0 Å². The Morgan fingerprint density at radius 3 is 2.64 bits per heavy atom. The first-order valence-electron chi connectivity index (χ1n) is 3.50. The van der Waals surface area contributed by atoms with Crippen LogP contribution in [0.3, 0.4) is 0 Å². The van der Waals surface area contributed by atoms with E-state index in [0.29, 0.717) is 6.54 Å². The van der Waals surface area contributed by atoms with Crippen molar-refractivity contribution in [1.29, 1.82) is 0 Å². The van der Waals surface area contributed by atoms with Crippen molar-refractivity contribution in [2.24, 2.45) is 5.73 Å². The van der Waals surface area contributed by atoms with Crippen LogP contribution in [0.5, 0.6) is 5.75 Å². The number of hydrogen-bond donors (Lipinski definition) is 1. The molecule has 2 N–H and O–H groups in total. The van der Waals surface area contributed by atoms with Gasteiger partial charge in [0.15, 0.2) is 0 Å². The topological polar surface area (TPSA) is 35.2 Å². The second-order valence-corrected chi connectivity index (χ2v) is 2.04. The van der Waals surface area contributed by atoms with E-state index in [1.54, 1.807) is 12.3 Å². The van der Waals surface area contributed by atoms with Gasteiger partial charge in [-0.05, 0) is 18.2 Å². The Labute approximate surface area is 66.3 Å². The molecule has 0 saturated carbocycles. The van der Waals surface area contributed by atoms with Crippen LogP contribution in [0.15, 0.2) is 42.7 Å². The summed E-state index contributed by atoms with van der Waals surface area (Å²) in [6.45, 7) is 0.507. The van der Waals surface area contributed by atoms with Gasteiger partial charge in [0, 0.05) is 6.54 Å². The Kier molecular flexibility index (Phi) is 3.22. The molecule has 2 heteroatoms. The summed E-state index contributed by atoms with van der Waals surface area (Å²) < 4.78 is 5.19. The first kappa shape index (κ1) is 7.82. The second kappa shape index (κ2) is 4.52. The summed E-state index contributed by atoms with van der Waals surface area (Å²) >= 11 is 0. The maximum absolute atomic E-state index is 5.23. The molecule has 0 aliphatic rings. The highest BCUT2D eigenvalue weighted by Crippen LogP contribution is 2.07. The molecule has 0 amide bonds. The van der Waals surface area contributed by atoms with E-state index in [0.717, 1.165) is 5.75 Å². The molecule has 0 saturated heterocycles. The number of rotatable bonds is 3. The largest absolute Gasteiger partial charge is 0.465 e. The van der Waals surface area contributed by atoms with Crippen LogP contribution in [0, 0.1) is 0 Å². The number of ether oxygens (including phenoxy) is 1. The minimum atomic E-state index is 0.507. The van der Waals surface area contributed by atoms with E-state index >= 15 is 0 Å². The van der Waals surface area contributed by atoms with Crippen LogP contribution >= 0.6 is 0 Å². The molecular weight excluding hydrogens is 138 g/mol. The lowest BCUT2D eigenvalue weighted by Crippen LogP contribution is -1.93. The summed E-state index contributed by atoms with van der Waals surface area (Å²) in [6, 6.07) is 9.57. The predicted octanol–water partition coefficient (Wildman–Crippen LogP) is 1.54. The highest BCUT2D eigenvalue weighted by atomic mass is 16.5. The van der Waals surface area contributed by atoms with Crippen molar-refractivity contribution in [3.05, 3.63) is 42.7 Å². The quantitative estimate of drug-likeness (QED) is 0.661. The molecule has 0 atom stereocenters. The Hall–Kier alpha value is -1.28. The first-order chi connectivity index (χ1) is 5.43. The average molecular weight is 149 g/mol. The van der Waals surface area contributed by atoms with Crippen molar-refractivity contribution in [3.8, 4) is 5.75 Å². The first-order valence-corrected chi connectivity index (χ1v) is 3.50. The summed E-state index contributed by atoms with van der Waals surface area (Å²) in [5.74, 6) is 0.831. The van der Waals surface area contributed by atoms with E-state index in [1.165, 1.54) is 0 Å². The third-order valence-corrected chi connectivity index (χ3v) is 1.18. The Morgan fingerprint density at radius 1 is 1.27 bits per heavy atom. The zero-order valence-corrected chi connectivity index (χ0v) is 6.23. The van der Waals surface area contributed by atoms with Crippen LogP contribution in [0.2, 0.25) is 0 Å². The number of benzene rings is 1. The summed E-state index contributed by atoms with van der Waals surface area (Å²) in [7, 11) is 0. The molecule has 0 aliphatic carbocycles. The normalized spacial score (nSPS) is 10.3. The Morgan fingerprint density at radius 2 is 2.00 bits per heavy atom. The van der Waals surface area contributed by atoms with Crippen LogP contribution in [-0.4, -0.2) is 6.54 Å². The molecule has 1 rings (SSSR count). The number of para-hydroxylation sites is 1. The number of nitrogens with two attached hydrogens (primary N) is 1. The van der Waals surface area contributed by atoms with Crippen molar-refractivity contribution in [3.63, 3.8) is 0 Å². The fourth-order valence-electron chi connectivity index (χ4n) is 0.681. The molecule has 2 nitrogen and oxygen atoms in total. The van der Waals surface area contributed by atoms with Gasteiger partial charge in [-0.2, -0.15) is 0 Å². The lowest BCUT2D eigenvalue weighted by Gasteiger charge is -1.96. The van der Waals surface area contributed by atoms with Crippen molar-refractivity contribution in [2.75, 3.05) is 6.54 Å². The summed E-state index contributed by atoms with van der Waals surface area (Å²) in [6.07, 6.45) is 3.35. The van der Waals surface area contributed by atoms with E-state index in [-0.39, 0.29) is 0 Å². The van der Waals surface area contributed by atoms with Crippen molar-refractivity contribution < 1.29 is 4.74 Å². The maximum Gasteiger partial charge on any atom is 0.126 e. The van der Waals surface area contributed by atoms with Gasteiger partial charge in [-0.15, -0.1) is 0 Å². The molecular formula is C9H11NO. The van der Waals surface area contributed by atoms with E-state index in [1.807, 2.05) is 30.3 Å². The Balaban J connectivity index is 2.45. The minimum Gasteiger partial charge on any atom is -0.465 e. The molecule has 0 unspecified atom stereocenters. The lowest BCUT2D eigenvalue weighted by atomic mass is 10.3. The molecule has 1 aromatic rings. The molecule has 0 radical (unpaired) electrons. The average Bonchev–Trinajstić information content (AvgIpc) is 2.07. The third kappa shape index (κ3) is 2.87. The Bertz CT molecular complexity index is 218. The van der Waals surface area contributed by atoms with Crippen LogP contribution in [-0.2, 0) is 0 Å². The van der Waals surface area contributed by atoms with Gasteiger partial charge >= 0.3 is 0 Å². The molecule has 11 heavy (non-hydrogen) atoms. The second-order valence-electron chi connectivity index (χ2n) is 2.04. The maximum atomic E-state index is 5.23. The minimum absolute atomic E-state index is 0.507. The van der Waals surface area contributed by atoms with E-state index < -0.39 is 0 Å². The van der Waals surface area contributed by atoms with Crippen LogP contribution < -0.4 is 10.5 Å². The van der Waals surface area contributed by atoms with Crippen molar-refractivity contribution in [1.82, 2.24) is 0 Å². The molecule has 0 spiro atoms. The number of hydrogen-bond acceptors (Lipinski definition) is 2. The highest BCUT2D eigenvalue weighted by Gasteiger charge is 1.83. The van der Waals surface area contributed by atoms with Crippen molar-refractivity contribution in [2.45, 2.75) is 0 Å². The zero-order chi connectivity index (χ0) is 7.94. The van der Waals surface area contributed by atoms with E-state index in [4.69, 9.17) is 10.5 Å². The SMILES string of the molecule is NCC=COc1ccccc1. The highest BCUT2D eigenvalue weighted by molar-refractivity contribution is 5.21. The lowest BCUT2D eigenvalue weighted by molar-refractivity contribution is 0.480. The molecule has 0 heterocycles. The molecule has 0 aromatic heterocycles. The fraction of sp³-hybridized carbons (Fsp3) is 0.111. The molecule has 58 valence electrons. The van der Waals surface area contributed by atoms with Gasteiger partial charge in [0.05, 0.1) is 6.26 Å². The van der Waals surface area contributed by atoms with Crippen molar-refractivity contribution >= 4 is 0 Å². The van der Waals surface area contributed by atoms with Gasteiger partial charge < -0.3 is 10.5 Å². The zero-order valence-electron chi connectivity index (χ0n) is 6.23. The van der Waals surface area contributed by atoms with Crippen LogP contribution in [0.1, 0.15) is 0 Å². The van der Waals surface area contributed by atoms with Gasteiger partial charge in [-0.3, -0.25) is 0 Å². The third-order valence-electron chi connectivity index (χ3n) is 1.18. The van der Waals surface area contributed by atoms with Gasteiger partial charge in [-0.25, -0.2) is 0 Å². The monoisotopic (exact) mass is 149 g/mol. The van der Waals surface area contributed by atoms with E-state index in [9.17, 15) is 0 Å². The molecule has 1 aromatic carbocycles. The predicted molar refractivity (Wildman–Crippen MR) is 45.3 cm³/mol. The van der Waals surface area contributed by atoms with Gasteiger partial charge in [-0.1, -0.05) is 18.2 Å². The summed E-state index contributed by atoms with van der Waals surface area (Å²) in [5, 5.41) is 0. The van der Waals surface area contributed by atoms with Crippen LogP contribution in [0.25, 0.3) is 0 Å². The molecule has 0 aliphatic heterocycles. The van der Waals surface area contributed by atoms with Gasteiger partial charge in [0.2, 0.25) is 0 Å². The van der Waals surface area contributed by atoms with Crippen LogP contribution in [0.4, 0.5) is 0 Å². The fourth-order valence-corrected chi connectivity index (χ4v) is 0.681. The van der Waals surface area contributed by atoms with E-state index in [2.05, 4.69) is 0 Å². The smallest absolute Gasteiger partial charge is 0.126 e. The molecule has 0 bridgehead atoms.